The van der Waals surface area contributed by atoms with Gasteiger partial charge in [0.1, 0.15) is 6.04 Å². The molecule has 0 saturated heterocycles. The fourth-order valence-electron chi connectivity index (χ4n) is 3.83. The van der Waals surface area contributed by atoms with E-state index in [-0.39, 0.29) is 11.5 Å². The van der Waals surface area contributed by atoms with Crippen LogP contribution in [0.4, 0.5) is 5.69 Å². The van der Waals surface area contributed by atoms with Crippen LogP contribution >= 0.6 is 11.3 Å². The molecule has 0 aliphatic carbocycles. The van der Waals surface area contributed by atoms with Gasteiger partial charge in [0.05, 0.1) is 15.8 Å². The Bertz CT molecular complexity index is 1280. The number of aryl methyl sites for hydroxylation is 3. The summed E-state index contributed by atoms with van der Waals surface area (Å²) < 4.78 is 3.29. The fraction of sp³-hybridized carbons (Fsp3) is 0.261. The molecule has 1 atom stereocenters. The Kier molecular flexibility index (Phi) is 4.96. The predicted octanol–water partition coefficient (Wildman–Crippen LogP) is 5.13. The van der Waals surface area contributed by atoms with Gasteiger partial charge in [-0.3, -0.25) is 9.59 Å². The van der Waals surface area contributed by atoms with Crippen LogP contribution in [0.25, 0.3) is 20.2 Å². The molecule has 2 aromatic carbocycles. The molecule has 1 N–H and O–H groups in total. The minimum atomic E-state index is -0.676. The second kappa shape index (κ2) is 7.44. The van der Waals surface area contributed by atoms with Gasteiger partial charge in [-0.1, -0.05) is 31.2 Å². The van der Waals surface area contributed by atoms with Crippen molar-refractivity contribution in [2.45, 2.75) is 40.2 Å². The minimum Gasteiger partial charge on any atom is -0.324 e. The topological polar surface area (TPSA) is 64.0 Å². The molecule has 0 spiro atoms. The van der Waals surface area contributed by atoms with Gasteiger partial charge in [0.15, 0.2) is 0 Å². The van der Waals surface area contributed by atoms with E-state index in [1.165, 1.54) is 4.68 Å². The second-order valence-corrected chi connectivity index (χ2v) is 8.48. The zero-order valence-corrected chi connectivity index (χ0v) is 17.8. The van der Waals surface area contributed by atoms with Crippen molar-refractivity contribution in [3.63, 3.8) is 0 Å². The van der Waals surface area contributed by atoms with Crippen molar-refractivity contribution >= 4 is 43.1 Å². The molecule has 5 nitrogen and oxygen atoms in total. The van der Waals surface area contributed by atoms with Crippen LogP contribution in [0.3, 0.4) is 0 Å². The van der Waals surface area contributed by atoms with Crippen LogP contribution < -0.4 is 10.9 Å². The van der Waals surface area contributed by atoms with Crippen LogP contribution in [0, 0.1) is 20.8 Å². The Labute approximate surface area is 173 Å². The molecule has 6 heteroatoms. The van der Waals surface area contributed by atoms with Gasteiger partial charge in [-0.25, -0.2) is 4.68 Å². The summed E-state index contributed by atoms with van der Waals surface area (Å²) in [4.78, 5) is 26.4. The Morgan fingerprint density at radius 1 is 1.14 bits per heavy atom. The molecule has 0 saturated carbocycles. The highest BCUT2D eigenvalue weighted by molar-refractivity contribution is 7.26. The third kappa shape index (κ3) is 3.44. The second-order valence-electron chi connectivity index (χ2n) is 7.43. The van der Waals surface area contributed by atoms with Gasteiger partial charge in [-0.05, 0) is 56.5 Å². The van der Waals surface area contributed by atoms with E-state index in [9.17, 15) is 9.59 Å². The lowest BCUT2D eigenvalue weighted by atomic mass is 10.1. The van der Waals surface area contributed by atoms with Crippen LogP contribution in [0.15, 0.2) is 47.3 Å². The maximum Gasteiger partial charge on any atom is 0.276 e. The number of fused-ring (bicyclic) bond motifs is 3. The third-order valence-corrected chi connectivity index (χ3v) is 6.36. The van der Waals surface area contributed by atoms with Crippen LogP contribution in [0.1, 0.15) is 36.2 Å². The molecule has 4 rings (SSSR count). The number of nitrogens with zero attached hydrogens (tertiary/aromatic N) is 2. The molecule has 0 aliphatic rings. The van der Waals surface area contributed by atoms with E-state index in [1.54, 1.807) is 11.3 Å². The third-order valence-electron chi connectivity index (χ3n) is 5.08. The van der Waals surface area contributed by atoms with Crippen molar-refractivity contribution in [1.29, 1.82) is 0 Å². The number of nitrogens with one attached hydrogen (secondary N) is 1. The summed E-state index contributed by atoms with van der Waals surface area (Å²) in [6, 6.07) is 13.1. The average Bonchev–Trinajstić information content (AvgIpc) is 3.06. The highest BCUT2D eigenvalue weighted by Crippen LogP contribution is 2.33. The first-order chi connectivity index (χ1) is 13.9. The standard InChI is InChI=1S/C23H23N3O2S/c1-5-18(22(27)24-16-11-13(2)10-14(3)12-16)26-23(28)20-17-8-6-7-9-19(17)29-21(20)15(4)25-26/h6-12,18H,5H2,1-4H3,(H,24,27)/t18-/m0/s1. The van der Waals surface area contributed by atoms with E-state index < -0.39 is 6.04 Å². The van der Waals surface area contributed by atoms with E-state index in [0.717, 1.165) is 37.3 Å². The molecule has 2 heterocycles. The highest BCUT2D eigenvalue weighted by atomic mass is 32.1. The van der Waals surface area contributed by atoms with Gasteiger partial charge in [0, 0.05) is 15.8 Å². The van der Waals surface area contributed by atoms with Crippen LogP contribution in [0.5, 0.6) is 0 Å². The Morgan fingerprint density at radius 2 is 1.83 bits per heavy atom. The zero-order valence-electron chi connectivity index (χ0n) is 16.9. The molecule has 0 fully saturated rings. The summed E-state index contributed by atoms with van der Waals surface area (Å²) in [6.45, 7) is 7.77. The number of amides is 1. The van der Waals surface area contributed by atoms with E-state index in [1.807, 2.05) is 64.1 Å². The van der Waals surface area contributed by atoms with Crippen molar-refractivity contribution in [1.82, 2.24) is 9.78 Å². The molecular weight excluding hydrogens is 382 g/mol. The lowest BCUT2D eigenvalue weighted by molar-refractivity contribution is -0.119. The van der Waals surface area contributed by atoms with Gasteiger partial charge >= 0.3 is 0 Å². The predicted molar refractivity (Wildman–Crippen MR) is 120 cm³/mol. The molecule has 0 aliphatic heterocycles. The SMILES string of the molecule is CC[C@@H](C(=O)Nc1cc(C)cc(C)c1)n1nc(C)c2sc3ccccc3c2c1=O. The van der Waals surface area contributed by atoms with E-state index >= 15 is 0 Å². The van der Waals surface area contributed by atoms with Crippen molar-refractivity contribution in [3.8, 4) is 0 Å². The van der Waals surface area contributed by atoms with Crippen LogP contribution in [-0.4, -0.2) is 15.7 Å². The first kappa shape index (κ1) is 19.3. The largest absolute Gasteiger partial charge is 0.324 e. The number of anilines is 1. The number of hydrogen-bond acceptors (Lipinski definition) is 4. The number of aromatic nitrogens is 2. The van der Waals surface area contributed by atoms with Gasteiger partial charge in [-0.15, -0.1) is 11.3 Å². The average molecular weight is 406 g/mol. The highest BCUT2D eigenvalue weighted by Gasteiger charge is 2.24. The molecule has 2 aromatic heterocycles. The fourth-order valence-corrected chi connectivity index (χ4v) is 4.97. The van der Waals surface area contributed by atoms with E-state index in [0.29, 0.717) is 11.8 Å². The Morgan fingerprint density at radius 3 is 2.52 bits per heavy atom. The van der Waals surface area contributed by atoms with Gasteiger partial charge in [0.25, 0.3) is 5.56 Å². The quantitative estimate of drug-likeness (QED) is 0.512. The van der Waals surface area contributed by atoms with Gasteiger partial charge < -0.3 is 5.32 Å². The van der Waals surface area contributed by atoms with Crippen molar-refractivity contribution in [2.75, 3.05) is 5.32 Å². The molecule has 29 heavy (non-hydrogen) atoms. The van der Waals surface area contributed by atoms with Crippen molar-refractivity contribution < 1.29 is 4.79 Å². The maximum absolute atomic E-state index is 13.3. The summed E-state index contributed by atoms with van der Waals surface area (Å²) in [5.41, 5.74) is 3.43. The molecule has 0 bridgehead atoms. The lowest BCUT2D eigenvalue weighted by Crippen LogP contribution is -2.35. The molecule has 0 radical (unpaired) electrons. The maximum atomic E-state index is 13.3. The first-order valence-electron chi connectivity index (χ1n) is 9.69. The smallest absolute Gasteiger partial charge is 0.276 e. The lowest BCUT2D eigenvalue weighted by Gasteiger charge is -2.18. The normalized spacial score (nSPS) is 12.4. The number of rotatable bonds is 4. The summed E-state index contributed by atoms with van der Waals surface area (Å²) in [5, 5.41) is 9.05. The molecular formula is C23H23N3O2S. The van der Waals surface area contributed by atoms with E-state index in [4.69, 9.17) is 0 Å². The first-order valence-corrected chi connectivity index (χ1v) is 10.5. The van der Waals surface area contributed by atoms with Crippen molar-refractivity contribution in [2.24, 2.45) is 0 Å². The molecule has 0 unspecified atom stereocenters. The van der Waals surface area contributed by atoms with Crippen molar-refractivity contribution in [3.05, 3.63) is 69.6 Å². The summed E-state index contributed by atoms with van der Waals surface area (Å²) in [7, 11) is 0. The Balaban J connectivity index is 1.81. The van der Waals surface area contributed by atoms with E-state index in [2.05, 4.69) is 16.5 Å². The summed E-state index contributed by atoms with van der Waals surface area (Å²) in [5.74, 6) is -0.231. The minimum absolute atomic E-state index is 0.217. The number of carbonyl (C=O) groups excluding carboxylic acids is 1. The Hall–Kier alpha value is -2.99. The molecule has 4 aromatic rings. The number of benzene rings is 2. The summed E-state index contributed by atoms with van der Waals surface area (Å²) >= 11 is 1.57. The van der Waals surface area contributed by atoms with Crippen LogP contribution in [0.2, 0.25) is 0 Å². The molecule has 148 valence electrons. The number of carbonyl (C=O) groups is 1. The summed E-state index contributed by atoms with van der Waals surface area (Å²) in [6.07, 6.45) is 0.469. The zero-order chi connectivity index (χ0) is 20.7. The number of thiophene rings is 1. The van der Waals surface area contributed by atoms with Crippen LogP contribution in [-0.2, 0) is 4.79 Å². The monoisotopic (exact) mass is 405 g/mol. The van der Waals surface area contributed by atoms with Gasteiger partial charge in [-0.2, -0.15) is 5.10 Å². The number of hydrogen-bond donors (Lipinski definition) is 1. The van der Waals surface area contributed by atoms with Gasteiger partial charge in [0.2, 0.25) is 5.91 Å². The molecule has 1 amide bonds.